The molecule has 3 nitrogen and oxygen atoms in total. The third-order valence-electron chi connectivity index (χ3n) is 3.03. The molecule has 0 amide bonds. The van der Waals surface area contributed by atoms with Gasteiger partial charge < -0.3 is 14.7 Å². The van der Waals surface area contributed by atoms with Crippen LogP contribution in [0, 0.1) is 0 Å². The highest BCUT2D eigenvalue weighted by atomic mass is 16.5. The zero-order chi connectivity index (χ0) is 9.73. The predicted octanol–water partition coefficient (Wildman–Crippen LogP) is 0.870. The zero-order valence-corrected chi connectivity index (χ0v) is 8.75. The molecule has 0 saturated carbocycles. The fraction of sp³-hybridized carbons (Fsp3) is 1.00. The minimum Gasteiger partial charge on any atom is -0.393 e. The van der Waals surface area contributed by atoms with E-state index in [9.17, 15) is 5.11 Å². The molecule has 78 valence electrons. The molecule has 1 saturated heterocycles. The fourth-order valence-corrected chi connectivity index (χ4v) is 1.93. The monoisotopic (exact) mass is 187 g/mol. The molecular formula is C10H21NO2. The Hall–Kier alpha value is -0.120. The first-order valence-electron chi connectivity index (χ1n) is 5.15. The van der Waals surface area contributed by atoms with Gasteiger partial charge in [-0.15, -0.1) is 0 Å². The third-order valence-corrected chi connectivity index (χ3v) is 3.03. The van der Waals surface area contributed by atoms with Crippen LogP contribution in [0.15, 0.2) is 0 Å². The number of hydrogen-bond donors (Lipinski definition) is 1. The molecule has 0 aromatic heterocycles. The summed E-state index contributed by atoms with van der Waals surface area (Å²) in [5, 5.41) is 9.21. The Labute approximate surface area is 80.7 Å². The Morgan fingerprint density at radius 1 is 1.38 bits per heavy atom. The van der Waals surface area contributed by atoms with E-state index in [2.05, 4.69) is 11.8 Å². The first-order chi connectivity index (χ1) is 6.26. The SMILES string of the molecule is CCCN1CCC(CO)(OC)CC1. The second-order valence-electron chi connectivity index (χ2n) is 3.89. The lowest BCUT2D eigenvalue weighted by molar-refractivity contribution is -0.0888. The van der Waals surface area contributed by atoms with Gasteiger partial charge in [-0.2, -0.15) is 0 Å². The molecule has 0 spiro atoms. The number of piperidine rings is 1. The van der Waals surface area contributed by atoms with Crippen LogP contribution in [0.5, 0.6) is 0 Å². The van der Waals surface area contributed by atoms with Crippen LogP contribution in [0.25, 0.3) is 0 Å². The van der Waals surface area contributed by atoms with Crippen LogP contribution >= 0.6 is 0 Å². The Bertz CT molecular complexity index is 136. The molecule has 1 fully saturated rings. The molecule has 0 aromatic rings. The summed E-state index contributed by atoms with van der Waals surface area (Å²) in [6.07, 6.45) is 3.12. The summed E-state index contributed by atoms with van der Waals surface area (Å²) in [5.41, 5.74) is -0.246. The van der Waals surface area contributed by atoms with Crippen LogP contribution in [-0.2, 0) is 4.74 Å². The van der Waals surface area contributed by atoms with E-state index in [0.717, 1.165) is 25.9 Å². The van der Waals surface area contributed by atoms with Crippen molar-refractivity contribution < 1.29 is 9.84 Å². The van der Waals surface area contributed by atoms with Crippen molar-refractivity contribution in [2.45, 2.75) is 31.8 Å². The summed E-state index contributed by atoms with van der Waals surface area (Å²) < 4.78 is 5.38. The van der Waals surface area contributed by atoms with Gasteiger partial charge in [-0.1, -0.05) is 6.92 Å². The maximum absolute atomic E-state index is 9.21. The van der Waals surface area contributed by atoms with Gasteiger partial charge in [0.05, 0.1) is 12.2 Å². The van der Waals surface area contributed by atoms with Crippen LogP contribution in [-0.4, -0.2) is 49.0 Å². The average molecular weight is 187 g/mol. The van der Waals surface area contributed by atoms with Crippen LogP contribution in [0.3, 0.4) is 0 Å². The van der Waals surface area contributed by atoms with Gasteiger partial charge in [0, 0.05) is 20.2 Å². The van der Waals surface area contributed by atoms with Crippen LogP contribution < -0.4 is 0 Å². The minimum atomic E-state index is -0.246. The van der Waals surface area contributed by atoms with Gasteiger partial charge >= 0.3 is 0 Å². The van der Waals surface area contributed by atoms with Gasteiger partial charge in [-0.25, -0.2) is 0 Å². The van der Waals surface area contributed by atoms with Crippen LogP contribution in [0.2, 0.25) is 0 Å². The maximum atomic E-state index is 9.21. The topological polar surface area (TPSA) is 32.7 Å². The van der Waals surface area contributed by atoms with Gasteiger partial charge in [0.1, 0.15) is 0 Å². The highest BCUT2D eigenvalue weighted by Gasteiger charge is 2.33. The molecule has 13 heavy (non-hydrogen) atoms. The predicted molar refractivity (Wildman–Crippen MR) is 52.8 cm³/mol. The number of nitrogens with zero attached hydrogens (tertiary/aromatic N) is 1. The summed E-state index contributed by atoms with van der Waals surface area (Å²) in [6.45, 7) is 5.64. The first kappa shape index (κ1) is 11.0. The van der Waals surface area contributed by atoms with E-state index in [4.69, 9.17) is 4.74 Å². The zero-order valence-electron chi connectivity index (χ0n) is 8.75. The Morgan fingerprint density at radius 3 is 2.38 bits per heavy atom. The lowest BCUT2D eigenvalue weighted by atomic mass is 9.92. The molecule has 1 aliphatic rings. The van der Waals surface area contributed by atoms with Crippen LogP contribution in [0.1, 0.15) is 26.2 Å². The van der Waals surface area contributed by atoms with Gasteiger partial charge in [0.25, 0.3) is 0 Å². The van der Waals surface area contributed by atoms with Crippen molar-refractivity contribution in [1.29, 1.82) is 0 Å². The molecule has 0 unspecified atom stereocenters. The van der Waals surface area contributed by atoms with E-state index in [1.807, 2.05) is 0 Å². The number of aliphatic hydroxyl groups excluding tert-OH is 1. The van der Waals surface area contributed by atoms with Gasteiger partial charge in [-0.05, 0) is 25.8 Å². The number of hydrogen-bond acceptors (Lipinski definition) is 3. The molecule has 0 atom stereocenters. The lowest BCUT2D eigenvalue weighted by Crippen LogP contribution is -2.47. The molecule has 0 aliphatic carbocycles. The Balaban J connectivity index is 2.36. The molecule has 0 aromatic carbocycles. The number of rotatable bonds is 4. The smallest absolute Gasteiger partial charge is 0.0932 e. The number of ether oxygens (including phenoxy) is 1. The standard InChI is InChI=1S/C10H21NO2/c1-3-6-11-7-4-10(9-12,13-2)5-8-11/h12H,3-9H2,1-2H3. The molecule has 3 heteroatoms. The van der Waals surface area contributed by atoms with Crippen molar-refractivity contribution in [2.24, 2.45) is 0 Å². The normalized spacial score (nSPS) is 23.3. The molecule has 1 heterocycles. The maximum Gasteiger partial charge on any atom is 0.0932 e. The van der Waals surface area contributed by atoms with E-state index < -0.39 is 0 Å². The minimum absolute atomic E-state index is 0.156. The second kappa shape index (κ2) is 4.94. The quantitative estimate of drug-likeness (QED) is 0.709. The van der Waals surface area contributed by atoms with Crippen molar-refractivity contribution >= 4 is 0 Å². The second-order valence-corrected chi connectivity index (χ2v) is 3.89. The summed E-state index contributed by atoms with van der Waals surface area (Å²) in [6, 6.07) is 0. The van der Waals surface area contributed by atoms with E-state index in [-0.39, 0.29) is 12.2 Å². The summed E-state index contributed by atoms with van der Waals surface area (Å²) in [5.74, 6) is 0. The fourth-order valence-electron chi connectivity index (χ4n) is 1.93. The number of aliphatic hydroxyl groups is 1. The van der Waals surface area contributed by atoms with E-state index >= 15 is 0 Å². The van der Waals surface area contributed by atoms with Crippen molar-refractivity contribution in [3.05, 3.63) is 0 Å². The highest BCUT2D eigenvalue weighted by molar-refractivity contribution is 4.86. The Morgan fingerprint density at radius 2 is 2.00 bits per heavy atom. The van der Waals surface area contributed by atoms with Gasteiger partial charge in [-0.3, -0.25) is 0 Å². The van der Waals surface area contributed by atoms with Gasteiger partial charge in [0.15, 0.2) is 0 Å². The molecule has 0 bridgehead atoms. The lowest BCUT2D eigenvalue weighted by Gasteiger charge is -2.39. The molecule has 1 rings (SSSR count). The number of methoxy groups -OCH3 is 1. The highest BCUT2D eigenvalue weighted by Crippen LogP contribution is 2.24. The Kier molecular flexibility index (Phi) is 4.16. The summed E-state index contributed by atoms with van der Waals surface area (Å²) in [7, 11) is 1.70. The number of likely N-dealkylation sites (tertiary alicyclic amines) is 1. The van der Waals surface area contributed by atoms with Crippen molar-refractivity contribution in [3.8, 4) is 0 Å². The molecule has 1 aliphatic heterocycles. The average Bonchev–Trinajstić information content (AvgIpc) is 2.20. The van der Waals surface area contributed by atoms with Crippen LogP contribution in [0.4, 0.5) is 0 Å². The summed E-state index contributed by atoms with van der Waals surface area (Å²) in [4.78, 5) is 2.44. The third kappa shape index (κ3) is 2.66. The first-order valence-corrected chi connectivity index (χ1v) is 5.15. The van der Waals surface area contributed by atoms with Crippen molar-refractivity contribution in [3.63, 3.8) is 0 Å². The van der Waals surface area contributed by atoms with Crippen molar-refractivity contribution in [1.82, 2.24) is 4.90 Å². The molecular weight excluding hydrogens is 166 g/mol. The van der Waals surface area contributed by atoms with E-state index in [1.165, 1.54) is 13.0 Å². The van der Waals surface area contributed by atoms with E-state index in [1.54, 1.807) is 7.11 Å². The molecule has 0 radical (unpaired) electrons. The molecule has 1 N–H and O–H groups in total. The van der Waals surface area contributed by atoms with Crippen molar-refractivity contribution in [2.75, 3.05) is 33.4 Å². The van der Waals surface area contributed by atoms with E-state index in [0.29, 0.717) is 0 Å². The largest absolute Gasteiger partial charge is 0.393 e. The van der Waals surface area contributed by atoms with Gasteiger partial charge in [0.2, 0.25) is 0 Å². The summed E-state index contributed by atoms with van der Waals surface area (Å²) >= 11 is 0.